The monoisotopic (exact) mass is 308 g/mol. The van der Waals surface area contributed by atoms with Crippen LogP contribution in [-0.4, -0.2) is 35.7 Å². The van der Waals surface area contributed by atoms with Gasteiger partial charge in [0.2, 0.25) is 5.91 Å². The Hall–Kier alpha value is -2.08. The summed E-state index contributed by atoms with van der Waals surface area (Å²) in [6.07, 6.45) is 1.20. The van der Waals surface area contributed by atoms with Gasteiger partial charge in [0.15, 0.2) is 0 Å². The summed E-state index contributed by atoms with van der Waals surface area (Å²) < 4.78 is 5.45. The molecule has 1 aromatic rings. The van der Waals surface area contributed by atoms with E-state index in [0.29, 0.717) is 24.5 Å². The molecule has 0 aliphatic rings. The summed E-state index contributed by atoms with van der Waals surface area (Å²) in [5.74, 6) is -0.653. The number of hydrogen-bond donors (Lipinski definition) is 3. The van der Waals surface area contributed by atoms with Gasteiger partial charge in [-0.15, -0.1) is 0 Å². The Bertz CT molecular complexity index is 505. The number of rotatable bonds is 9. The van der Waals surface area contributed by atoms with E-state index in [4.69, 9.17) is 9.84 Å². The summed E-state index contributed by atoms with van der Waals surface area (Å²) in [6, 6.07) is 5.79. The maximum absolute atomic E-state index is 12.2. The van der Waals surface area contributed by atoms with Crippen LogP contribution in [0.2, 0.25) is 0 Å². The molecule has 1 rings (SSSR count). The summed E-state index contributed by atoms with van der Waals surface area (Å²) in [4.78, 5) is 23.3. The lowest BCUT2D eigenvalue weighted by Crippen LogP contribution is -2.47. The number of carbonyl (C=O) groups excluding carboxylic acids is 1. The fourth-order valence-corrected chi connectivity index (χ4v) is 2.04. The second kappa shape index (κ2) is 9.04. The van der Waals surface area contributed by atoms with Crippen LogP contribution in [0.5, 0.6) is 5.75 Å². The molecular weight excluding hydrogens is 284 g/mol. The molecule has 0 aromatic heterocycles. The van der Waals surface area contributed by atoms with Crippen LogP contribution in [0.1, 0.15) is 33.6 Å². The molecule has 0 aliphatic carbocycles. The first-order valence-electron chi connectivity index (χ1n) is 7.51. The number of aliphatic carboxylic acids is 1. The lowest BCUT2D eigenvalue weighted by Gasteiger charge is -2.20. The van der Waals surface area contributed by atoms with Crippen LogP contribution >= 0.6 is 0 Å². The predicted octanol–water partition coefficient (Wildman–Crippen LogP) is 2.26. The molecule has 0 fully saturated rings. The van der Waals surface area contributed by atoms with E-state index in [-0.39, 0.29) is 5.91 Å². The molecule has 0 bridgehead atoms. The molecule has 0 aliphatic heterocycles. The van der Waals surface area contributed by atoms with Crippen LogP contribution in [0.25, 0.3) is 0 Å². The first kappa shape index (κ1) is 18.0. The van der Waals surface area contributed by atoms with Crippen molar-refractivity contribution in [3.8, 4) is 5.75 Å². The van der Waals surface area contributed by atoms with Crippen LogP contribution in [0.4, 0.5) is 5.69 Å². The Morgan fingerprint density at radius 3 is 2.55 bits per heavy atom. The number of amides is 1. The molecule has 6 heteroatoms. The molecule has 0 radical (unpaired) electrons. The SMILES string of the molecule is CCCC(NC(C)C(=O)Nc1ccccc1OCC)C(=O)O. The Kier molecular flexibility index (Phi) is 7.39. The molecule has 122 valence electrons. The third kappa shape index (κ3) is 5.37. The molecule has 0 saturated heterocycles. The van der Waals surface area contributed by atoms with Crippen LogP contribution < -0.4 is 15.4 Å². The second-order valence-electron chi connectivity index (χ2n) is 4.99. The van der Waals surface area contributed by atoms with E-state index in [1.165, 1.54) is 0 Å². The van der Waals surface area contributed by atoms with Crippen molar-refractivity contribution in [1.29, 1.82) is 0 Å². The Labute approximate surface area is 130 Å². The molecule has 1 amide bonds. The first-order valence-corrected chi connectivity index (χ1v) is 7.51. The zero-order chi connectivity index (χ0) is 16.5. The minimum atomic E-state index is -0.948. The average Bonchev–Trinajstić information content (AvgIpc) is 2.48. The highest BCUT2D eigenvalue weighted by Gasteiger charge is 2.22. The molecule has 6 nitrogen and oxygen atoms in total. The second-order valence-corrected chi connectivity index (χ2v) is 4.99. The predicted molar refractivity (Wildman–Crippen MR) is 85.2 cm³/mol. The number of hydrogen-bond acceptors (Lipinski definition) is 4. The standard InChI is InChI=1S/C16H24N2O4/c1-4-8-13(16(20)21)17-11(3)15(19)18-12-9-6-7-10-14(12)22-5-2/h6-7,9-11,13,17H,4-5,8H2,1-3H3,(H,18,19)(H,20,21). The van der Waals surface area contributed by atoms with Gasteiger partial charge in [-0.25, -0.2) is 0 Å². The van der Waals surface area contributed by atoms with Gasteiger partial charge in [-0.1, -0.05) is 25.5 Å². The van der Waals surface area contributed by atoms with Gasteiger partial charge in [0, 0.05) is 0 Å². The first-order chi connectivity index (χ1) is 10.5. The van der Waals surface area contributed by atoms with E-state index < -0.39 is 18.1 Å². The minimum absolute atomic E-state index is 0.297. The van der Waals surface area contributed by atoms with Crippen LogP contribution in [-0.2, 0) is 9.59 Å². The molecule has 2 atom stereocenters. The minimum Gasteiger partial charge on any atom is -0.492 e. The van der Waals surface area contributed by atoms with Crippen LogP contribution in [0, 0.1) is 0 Å². The number of carboxylic acid groups (broad SMARTS) is 1. The van der Waals surface area contributed by atoms with Gasteiger partial charge < -0.3 is 15.2 Å². The average molecular weight is 308 g/mol. The van der Waals surface area contributed by atoms with Gasteiger partial charge in [-0.2, -0.15) is 0 Å². The summed E-state index contributed by atoms with van der Waals surface area (Å²) in [7, 11) is 0. The molecule has 22 heavy (non-hydrogen) atoms. The molecular formula is C16H24N2O4. The smallest absolute Gasteiger partial charge is 0.320 e. The summed E-state index contributed by atoms with van der Waals surface area (Å²) in [6.45, 7) is 5.91. The third-order valence-corrected chi connectivity index (χ3v) is 3.16. The van der Waals surface area contributed by atoms with Crippen molar-refractivity contribution >= 4 is 17.6 Å². The molecule has 3 N–H and O–H groups in total. The fourth-order valence-electron chi connectivity index (χ4n) is 2.04. The van der Waals surface area contributed by atoms with E-state index in [9.17, 15) is 9.59 Å². The van der Waals surface area contributed by atoms with Gasteiger partial charge in [-0.05, 0) is 32.4 Å². The molecule has 0 saturated carbocycles. The van der Waals surface area contributed by atoms with E-state index in [1.807, 2.05) is 19.9 Å². The normalized spacial score (nSPS) is 13.2. The van der Waals surface area contributed by atoms with Crippen molar-refractivity contribution in [2.75, 3.05) is 11.9 Å². The lowest BCUT2D eigenvalue weighted by atomic mass is 10.1. The van der Waals surface area contributed by atoms with Crippen LogP contribution in [0.3, 0.4) is 0 Å². The highest BCUT2D eigenvalue weighted by atomic mass is 16.5. The highest BCUT2D eigenvalue weighted by molar-refractivity contribution is 5.96. The number of ether oxygens (including phenoxy) is 1. The zero-order valence-corrected chi connectivity index (χ0v) is 13.3. The number of carboxylic acids is 1. The summed E-state index contributed by atoms with van der Waals surface area (Å²) in [5.41, 5.74) is 0.574. The number of anilines is 1. The quantitative estimate of drug-likeness (QED) is 0.651. The van der Waals surface area contributed by atoms with Crippen LogP contribution in [0.15, 0.2) is 24.3 Å². The Morgan fingerprint density at radius 2 is 1.95 bits per heavy atom. The maximum Gasteiger partial charge on any atom is 0.320 e. The third-order valence-electron chi connectivity index (χ3n) is 3.16. The fraction of sp³-hybridized carbons (Fsp3) is 0.500. The number of nitrogens with one attached hydrogen (secondary N) is 2. The van der Waals surface area contributed by atoms with Crippen molar-refractivity contribution in [2.45, 2.75) is 45.7 Å². The maximum atomic E-state index is 12.2. The molecule has 1 aromatic carbocycles. The lowest BCUT2D eigenvalue weighted by molar-refractivity contribution is -0.140. The topological polar surface area (TPSA) is 87.7 Å². The van der Waals surface area contributed by atoms with Gasteiger partial charge in [0.05, 0.1) is 18.3 Å². The van der Waals surface area contributed by atoms with Crippen molar-refractivity contribution in [3.63, 3.8) is 0 Å². The number of benzene rings is 1. The van der Waals surface area contributed by atoms with Gasteiger partial charge in [-0.3, -0.25) is 14.9 Å². The summed E-state index contributed by atoms with van der Waals surface area (Å²) >= 11 is 0. The van der Waals surface area contributed by atoms with Crippen molar-refractivity contribution < 1.29 is 19.4 Å². The number of para-hydroxylation sites is 2. The Balaban J connectivity index is 2.69. The zero-order valence-electron chi connectivity index (χ0n) is 13.3. The molecule has 2 unspecified atom stereocenters. The Morgan fingerprint density at radius 1 is 1.27 bits per heavy atom. The molecule has 0 spiro atoms. The van der Waals surface area contributed by atoms with Crippen molar-refractivity contribution in [1.82, 2.24) is 5.32 Å². The molecule has 0 heterocycles. The number of carbonyl (C=O) groups is 2. The largest absolute Gasteiger partial charge is 0.492 e. The van der Waals surface area contributed by atoms with Gasteiger partial charge in [0.25, 0.3) is 0 Å². The van der Waals surface area contributed by atoms with E-state index >= 15 is 0 Å². The van der Waals surface area contributed by atoms with E-state index in [0.717, 1.165) is 6.42 Å². The summed E-state index contributed by atoms with van der Waals surface area (Å²) in [5, 5.41) is 14.7. The van der Waals surface area contributed by atoms with Gasteiger partial charge in [0.1, 0.15) is 11.8 Å². The highest BCUT2D eigenvalue weighted by Crippen LogP contribution is 2.23. The van der Waals surface area contributed by atoms with E-state index in [2.05, 4.69) is 10.6 Å². The van der Waals surface area contributed by atoms with Crippen molar-refractivity contribution in [2.24, 2.45) is 0 Å². The van der Waals surface area contributed by atoms with E-state index in [1.54, 1.807) is 25.1 Å². The van der Waals surface area contributed by atoms with Gasteiger partial charge >= 0.3 is 5.97 Å². The van der Waals surface area contributed by atoms with Crippen molar-refractivity contribution in [3.05, 3.63) is 24.3 Å².